The Morgan fingerprint density at radius 3 is 2.52 bits per heavy atom. The highest BCUT2D eigenvalue weighted by Crippen LogP contribution is 2.22. The van der Waals surface area contributed by atoms with E-state index in [4.69, 9.17) is 0 Å². The number of hydrogen-bond donors (Lipinski definition) is 1. The Labute approximate surface area is 121 Å². The number of rotatable bonds is 4. The van der Waals surface area contributed by atoms with Crippen molar-refractivity contribution >= 4 is 17.5 Å². The van der Waals surface area contributed by atoms with E-state index in [1.165, 1.54) is 11.6 Å². The van der Waals surface area contributed by atoms with Gasteiger partial charge >= 0.3 is 5.69 Å². The minimum Gasteiger partial charge on any atom is -0.350 e. The zero-order valence-corrected chi connectivity index (χ0v) is 12.1. The van der Waals surface area contributed by atoms with Crippen LogP contribution in [0.25, 0.3) is 0 Å². The lowest BCUT2D eigenvalue weighted by Crippen LogP contribution is -2.61. The number of nitro groups is 1. The predicted molar refractivity (Wildman–Crippen MR) is 72.5 cm³/mol. The minimum atomic E-state index is -0.491. The Hall–Kier alpha value is -2.45. The van der Waals surface area contributed by atoms with Gasteiger partial charge in [0.1, 0.15) is 17.9 Å². The van der Waals surface area contributed by atoms with Crippen molar-refractivity contribution in [2.75, 3.05) is 13.1 Å². The lowest BCUT2D eigenvalue weighted by Gasteiger charge is -2.39. The van der Waals surface area contributed by atoms with Gasteiger partial charge in [-0.2, -0.15) is 5.10 Å². The summed E-state index contributed by atoms with van der Waals surface area (Å²) in [4.78, 5) is 34.9. The van der Waals surface area contributed by atoms with Crippen LogP contribution in [0.15, 0.2) is 0 Å². The molecular formula is C12H17N5O4. The highest BCUT2D eigenvalue weighted by atomic mass is 16.6. The van der Waals surface area contributed by atoms with Gasteiger partial charge in [0.25, 0.3) is 0 Å². The molecule has 0 unspecified atom stereocenters. The van der Waals surface area contributed by atoms with Crippen LogP contribution in [-0.2, 0) is 16.1 Å². The second-order valence-electron chi connectivity index (χ2n) is 5.13. The molecule has 0 bridgehead atoms. The van der Waals surface area contributed by atoms with E-state index in [9.17, 15) is 19.7 Å². The summed E-state index contributed by atoms with van der Waals surface area (Å²) in [6, 6.07) is -0.0127. The van der Waals surface area contributed by atoms with Gasteiger partial charge in [0.05, 0.1) is 11.0 Å². The second kappa shape index (κ2) is 5.51. The summed E-state index contributed by atoms with van der Waals surface area (Å²) in [5.74, 6) is -0.293. The van der Waals surface area contributed by atoms with Gasteiger partial charge in [-0.25, -0.2) is 0 Å². The van der Waals surface area contributed by atoms with E-state index in [-0.39, 0.29) is 30.1 Å². The summed E-state index contributed by atoms with van der Waals surface area (Å²) in [5.41, 5.74) is 0.609. The Bertz CT molecular complexity index is 603. The first kappa shape index (κ1) is 14.9. The Morgan fingerprint density at radius 2 is 2.05 bits per heavy atom. The Kier molecular flexibility index (Phi) is 3.92. The van der Waals surface area contributed by atoms with E-state index >= 15 is 0 Å². The van der Waals surface area contributed by atoms with Gasteiger partial charge in [0, 0.05) is 20.0 Å². The van der Waals surface area contributed by atoms with Gasteiger partial charge in [-0.1, -0.05) is 0 Å². The number of hydrogen-bond acceptors (Lipinski definition) is 5. The molecule has 1 aliphatic heterocycles. The number of aryl methyl sites for hydroxylation is 1. The fourth-order valence-electron chi connectivity index (χ4n) is 2.39. The second-order valence-corrected chi connectivity index (χ2v) is 5.13. The number of aromatic nitrogens is 2. The number of amides is 2. The largest absolute Gasteiger partial charge is 0.350 e. The molecule has 0 saturated carbocycles. The standard InChI is InChI=1S/C12H17N5O4/c1-7-12(17(20)21)8(2)16(14-7)6-11(19)15-4-10(5-15)13-9(3)18/h10H,4-6H2,1-3H3,(H,13,18). The van der Waals surface area contributed by atoms with Gasteiger partial charge in [-0.15, -0.1) is 0 Å². The molecule has 1 N–H and O–H groups in total. The lowest BCUT2D eigenvalue weighted by molar-refractivity contribution is -0.386. The van der Waals surface area contributed by atoms with Crippen LogP contribution in [0.2, 0.25) is 0 Å². The van der Waals surface area contributed by atoms with Crippen LogP contribution in [-0.4, -0.2) is 50.5 Å². The third-order valence-electron chi connectivity index (χ3n) is 3.45. The molecule has 2 rings (SSSR count). The van der Waals surface area contributed by atoms with Crippen molar-refractivity contribution in [3.05, 3.63) is 21.5 Å². The van der Waals surface area contributed by atoms with Gasteiger partial charge in [-0.05, 0) is 13.8 Å². The molecule has 0 aliphatic carbocycles. The van der Waals surface area contributed by atoms with Gasteiger partial charge < -0.3 is 10.2 Å². The highest BCUT2D eigenvalue weighted by molar-refractivity contribution is 5.78. The fourth-order valence-corrected chi connectivity index (χ4v) is 2.39. The molecule has 1 fully saturated rings. The molecule has 9 nitrogen and oxygen atoms in total. The van der Waals surface area contributed by atoms with Crippen molar-refractivity contribution in [3.63, 3.8) is 0 Å². The fraction of sp³-hybridized carbons (Fsp3) is 0.583. The first-order valence-electron chi connectivity index (χ1n) is 6.53. The van der Waals surface area contributed by atoms with Gasteiger partial charge in [0.15, 0.2) is 0 Å². The number of carbonyl (C=O) groups excluding carboxylic acids is 2. The quantitative estimate of drug-likeness (QED) is 0.608. The van der Waals surface area contributed by atoms with E-state index in [1.807, 2.05) is 0 Å². The summed E-state index contributed by atoms with van der Waals surface area (Å²) >= 11 is 0. The minimum absolute atomic E-state index is 0.0127. The van der Waals surface area contributed by atoms with Crippen LogP contribution in [0, 0.1) is 24.0 Å². The van der Waals surface area contributed by atoms with Crippen molar-refractivity contribution in [3.8, 4) is 0 Å². The van der Waals surface area contributed by atoms with Crippen LogP contribution < -0.4 is 5.32 Å². The number of nitrogens with zero attached hydrogens (tertiary/aromatic N) is 4. The van der Waals surface area contributed by atoms with Crippen LogP contribution in [0.1, 0.15) is 18.3 Å². The zero-order chi connectivity index (χ0) is 15.7. The van der Waals surface area contributed by atoms with Crippen LogP contribution in [0.4, 0.5) is 5.69 Å². The summed E-state index contributed by atoms with van der Waals surface area (Å²) in [5, 5.41) is 17.7. The predicted octanol–water partition coefficient (Wildman–Crippen LogP) is -0.245. The Morgan fingerprint density at radius 1 is 1.43 bits per heavy atom. The van der Waals surface area contributed by atoms with E-state index in [2.05, 4.69) is 10.4 Å². The molecule has 0 aromatic carbocycles. The molecule has 1 aromatic rings. The number of likely N-dealkylation sites (tertiary alicyclic amines) is 1. The molecule has 0 spiro atoms. The molecule has 2 heterocycles. The summed E-state index contributed by atoms with van der Waals surface area (Å²) in [7, 11) is 0. The topological polar surface area (TPSA) is 110 Å². The van der Waals surface area contributed by atoms with E-state index in [0.29, 0.717) is 24.5 Å². The molecule has 21 heavy (non-hydrogen) atoms. The average Bonchev–Trinajstić information content (AvgIpc) is 2.57. The normalized spacial score (nSPS) is 14.7. The molecule has 1 aliphatic rings. The van der Waals surface area contributed by atoms with Crippen LogP contribution >= 0.6 is 0 Å². The van der Waals surface area contributed by atoms with E-state index in [1.54, 1.807) is 18.7 Å². The summed E-state index contributed by atoms with van der Waals surface area (Å²) in [6.45, 7) is 5.43. The molecule has 1 saturated heterocycles. The third-order valence-corrected chi connectivity index (χ3v) is 3.45. The first-order valence-corrected chi connectivity index (χ1v) is 6.53. The van der Waals surface area contributed by atoms with Crippen molar-refractivity contribution in [1.82, 2.24) is 20.0 Å². The molecule has 0 atom stereocenters. The summed E-state index contributed by atoms with van der Waals surface area (Å²) < 4.78 is 1.35. The SMILES string of the molecule is CC(=O)NC1CN(C(=O)Cn2nc(C)c([N+](=O)[O-])c2C)C1. The molecule has 2 amide bonds. The number of nitrogens with one attached hydrogen (secondary N) is 1. The zero-order valence-electron chi connectivity index (χ0n) is 12.1. The third kappa shape index (κ3) is 3.01. The van der Waals surface area contributed by atoms with E-state index in [0.717, 1.165) is 0 Å². The van der Waals surface area contributed by atoms with Crippen LogP contribution in [0.5, 0.6) is 0 Å². The maximum absolute atomic E-state index is 12.1. The van der Waals surface area contributed by atoms with Crippen molar-refractivity contribution in [1.29, 1.82) is 0 Å². The first-order chi connectivity index (χ1) is 9.79. The maximum atomic E-state index is 12.1. The molecule has 9 heteroatoms. The van der Waals surface area contributed by atoms with E-state index < -0.39 is 4.92 Å². The van der Waals surface area contributed by atoms with Crippen molar-refractivity contribution in [2.24, 2.45) is 0 Å². The highest BCUT2D eigenvalue weighted by Gasteiger charge is 2.32. The smallest absolute Gasteiger partial charge is 0.312 e. The Balaban J connectivity index is 1.97. The van der Waals surface area contributed by atoms with Crippen molar-refractivity contribution in [2.45, 2.75) is 33.4 Å². The average molecular weight is 295 g/mol. The van der Waals surface area contributed by atoms with Gasteiger partial charge in [-0.3, -0.25) is 24.4 Å². The summed E-state index contributed by atoms with van der Waals surface area (Å²) in [6.07, 6.45) is 0. The monoisotopic (exact) mass is 295 g/mol. The number of carbonyl (C=O) groups is 2. The van der Waals surface area contributed by atoms with Crippen molar-refractivity contribution < 1.29 is 14.5 Å². The molecule has 0 radical (unpaired) electrons. The molecular weight excluding hydrogens is 278 g/mol. The van der Waals surface area contributed by atoms with Gasteiger partial charge in [0.2, 0.25) is 11.8 Å². The maximum Gasteiger partial charge on any atom is 0.312 e. The lowest BCUT2D eigenvalue weighted by atomic mass is 10.1. The molecule has 1 aromatic heterocycles. The van der Waals surface area contributed by atoms with Crippen LogP contribution in [0.3, 0.4) is 0 Å². The molecule has 114 valence electrons.